The van der Waals surface area contributed by atoms with Crippen LogP contribution >= 0.6 is 0 Å². The largest absolute Gasteiger partial charge is 0.198 e. The Kier molecular flexibility index (Phi) is 3.01. The Labute approximate surface area is 98.1 Å². The zero-order chi connectivity index (χ0) is 11.6. The van der Waals surface area contributed by atoms with Crippen LogP contribution in [0, 0.1) is 25.2 Å². The Morgan fingerprint density at radius 1 is 1.12 bits per heavy atom. The Morgan fingerprint density at radius 2 is 1.69 bits per heavy atom. The molecule has 0 bridgehead atoms. The summed E-state index contributed by atoms with van der Waals surface area (Å²) in [5.74, 6) is 0. The van der Waals surface area contributed by atoms with Crippen molar-refractivity contribution in [3.8, 4) is 6.07 Å². The van der Waals surface area contributed by atoms with Crippen molar-refractivity contribution in [1.82, 2.24) is 0 Å². The molecular weight excluding hydrogens is 194 g/mol. The van der Waals surface area contributed by atoms with E-state index in [0.29, 0.717) is 6.42 Å². The van der Waals surface area contributed by atoms with Crippen LogP contribution in [0.1, 0.15) is 48.8 Å². The van der Waals surface area contributed by atoms with Crippen molar-refractivity contribution in [3.05, 3.63) is 34.9 Å². The molecule has 1 fully saturated rings. The van der Waals surface area contributed by atoms with E-state index in [2.05, 4.69) is 38.1 Å². The monoisotopic (exact) mass is 213 g/mol. The summed E-state index contributed by atoms with van der Waals surface area (Å²) in [4.78, 5) is 0. The highest BCUT2D eigenvalue weighted by Crippen LogP contribution is 2.44. The van der Waals surface area contributed by atoms with Gasteiger partial charge in [-0.25, -0.2) is 0 Å². The van der Waals surface area contributed by atoms with Crippen LogP contribution in [0.15, 0.2) is 18.2 Å². The predicted molar refractivity (Wildman–Crippen MR) is 66.3 cm³/mol. The van der Waals surface area contributed by atoms with Gasteiger partial charge in [-0.3, -0.25) is 0 Å². The molecule has 0 amide bonds. The van der Waals surface area contributed by atoms with Crippen LogP contribution in [0.5, 0.6) is 0 Å². The van der Waals surface area contributed by atoms with Crippen molar-refractivity contribution < 1.29 is 0 Å². The molecule has 1 saturated carbocycles. The highest BCUT2D eigenvalue weighted by Gasteiger charge is 2.35. The quantitative estimate of drug-likeness (QED) is 0.727. The summed E-state index contributed by atoms with van der Waals surface area (Å²) < 4.78 is 0. The summed E-state index contributed by atoms with van der Waals surface area (Å²) in [6.07, 6.45) is 5.59. The van der Waals surface area contributed by atoms with E-state index in [1.807, 2.05) is 0 Å². The summed E-state index contributed by atoms with van der Waals surface area (Å²) in [5, 5.41) is 9.04. The molecule has 1 heteroatoms. The van der Waals surface area contributed by atoms with Crippen LogP contribution in [0.3, 0.4) is 0 Å². The number of hydrogen-bond donors (Lipinski definition) is 0. The minimum absolute atomic E-state index is 0.158. The standard InChI is InChI=1S/C15H19N/c1-12-9-13(2)11-14(10-12)15(7-8-16)5-3-4-6-15/h9-11H,3-7H2,1-2H3. The van der Waals surface area contributed by atoms with Crippen molar-refractivity contribution >= 4 is 0 Å². The van der Waals surface area contributed by atoms with Crippen LogP contribution in [-0.4, -0.2) is 0 Å². The first-order chi connectivity index (χ1) is 7.66. The lowest BCUT2D eigenvalue weighted by Gasteiger charge is -2.27. The third-order valence-corrected chi connectivity index (χ3v) is 3.81. The molecule has 0 heterocycles. The first-order valence-electron chi connectivity index (χ1n) is 6.12. The van der Waals surface area contributed by atoms with Crippen molar-refractivity contribution in [2.24, 2.45) is 0 Å². The molecule has 2 rings (SSSR count). The molecule has 1 aromatic rings. The zero-order valence-electron chi connectivity index (χ0n) is 10.2. The molecule has 0 spiro atoms. The van der Waals surface area contributed by atoms with Crippen molar-refractivity contribution in [1.29, 1.82) is 5.26 Å². The molecule has 0 saturated heterocycles. The summed E-state index contributed by atoms with van der Waals surface area (Å²) >= 11 is 0. The van der Waals surface area contributed by atoms with Crippen LogP contribution < -0.4 is 0 Å². The minimum atomic E-state index is 0.158. The van der Waals surface area contributed by atoms with Gasteiger partial charge in [0.2, 0.25) is 0 Å². The van der Waals surface area contributed by atoms with Crippen LogP contribution in [-0.2, 0) is 5.41 Å². The number of hydrogen-bond acceptors (Lipinski definition) is 1. The first kappa shape index (κ1) is 11.2. The fourth-order valence-corrected chi connectivity index (χ4v) is 3.05. The Balaban J connectivity index is 2.43. The molecule has 0 aromatic heterocycles. The molecule has 0 atom stereocenters. The fourth-order valence-electron chi connectivity index (χ4n) is 3.05. The average molecular weight is 213 g/mol. The van der Waals surface area contributed by atoms with Crippen molar-refractivity contribution in [3.63, 3.8) is 0 Å². The molecule has 84 valence electrons. The van der Waals surface area contributed by atoms with E-state index in [4.69, 9.17) is 5.26 Å². The van der Waals surface area contributed by atoms with E-state index in [1.165, 1.54) is 42.4 Å². The lowest BCUT2D eigenvalue weighted by atomic mass is 9.75. The Morgan fingerprint density at radius 3 is 2.19 bits per heavy atom. The van der Waals surface area contributed by atoms with Crippen molar-refractivity contribution in [2.75, 3.05) is 0 Å². The Hall–Kier alpha value is -1.29. The van der Waals surface area contributed by atoms with E-state index in [1.54, 1.807) is 0 Å². The molecule has 0 radical (unpaired) electrons. The summed E-state index contributed by atoms with van der Waals surface area (Å²) in [6.45, 7) is 4.29. The molecule has 1 nitrogen and oxygen atoms in total. The van der Waals surface area contributed by atoms with Gasteiger partial charge in [-0.05, 0) is 32.3 Å². The highest BCUT2D eigenvalue weighted by atomic mass is 14.4. The smallest absolute Gasteiger partial charge is 0.0631 e. The zero-order valence-corrected chi connectivity index (χ0v) is 10.2. The first-order valence-corrected chi connectivity index (χ1v) is 6.12. The van der Waals surface area contributed by atoms with Crippen molar-refractivity contribution in [2.45, 2.75) is 51.4 Å². The number of nitrogens with zero attached hydrogens (tertiary/aromatic N) is 1. The molecule has 1 aliphatic carbocycles. The van der Waals surface area contributed by atoms with Gasteiger partial charge in [0.1, 0.15) is 0 Å². The molecule has 16 heavy (non-hydrogen) atoms. The maximum absolute atomic E-state index is 9.04. The maximum atomic E-state index is 9.04. The second-order valence-electron chi connectivity index (χ2n) is 5.20. The summed E-state index contributed by atoms with van der Waals surface area (Å²) in [7, 11) is 0. The Bertz CT molecular complexity index is 399. The van der Waals surface area contributed by atoms with E-state index >= 15 is 0 Å². The molecular formula is C15H19N. The van der Waals surface area contributed by atoms with Gasteiger partial charge >= 0.3 is 0 Å². The topological polar surface area (TPSA) is 23.8 Å². The van der Waals surface area contributed by atoms with E-state index in [-0.39, 0.29) is 5.41 Å². The van der Waals surface area contributed by atoms with Crippen LogP contribution in [0.25, 0.3) is 0 Å². The van der Waals surface area contributed by atoms with E-state index in [0.717, 1.165) is 0 Å². The van der Waals surface area contributed by atoms with E-state index in [9.17, 15) is 0 Å². The van der Waals surface area contributed by atoms with Gasteiger partial charge in [-0.2, -0.15) is 5.26 Å². The highest BCUT2D eigenvalue weighted by molar-refractivity contribution is 5.35. The summed E-state index contributed by atoms with van der Waals surface area (Å²) in [6, 6.07) is 9.14. The molecule has 0 unspecified atom stereocenters. The predicted octanol–water partition coefficient (Wildman–Crippen LogP) is 4.03. The molecule has 1 aliphatic rings. The lowest BCUT2D eigenvalue weighted by molar-refractivity contribution is 0.451. The molecule has 0 aliphatic heterocycles. The van der Waals surface area contributed by atoms with Gasteiger partial charge in [0.05, 0.1) is 6.07 Å². The van der Waals surface area contributed by atoms with Gasteiger partial charge in [0.25, 0.3) is 0 Å². The third-order valence-electron chi connectivity index (χ3n) is 3.81. The van der Waals surface area contributed by atoms with Crippen LogP contribution in [0.4, 0.5) is 0 Å². The number of aryl methyl sites for hydroxylation is 2. The lowest BCUT2D eigenvalue weighted by Crippen LogP contribution is -2.21. The maximum Gasteiger partial charge on any atom is 0.0631 e. The third kappa shape index (κ3) is 1.97. The normalized spacial score (nSPS) is 18.3. The van der Waals surface area contributed by atoms with Gasteiger partial charge < -0.3 is 0 Å². The fraction of sp³-hybridized carbons (Fsp3) is 0.533. The molecule has 0 N–H and O–H groups in total. The van der Waals surface area contributed by atoms with Gasteiger partial charge in [-0.15, -0.1) is 0 Å². The van der Waals surface area contributed by atoms with Crippen LogP contribution in [0.2, 0.25) is 0 Å². The number of rotatable bonds is 2. The SMILES string of the molecule is Cc1cc(C)cc(C2(CC#N)CCCC2)c1. The second-order valence-corrected chi connectivity index (χ2v) is 5.20. The van der Waals surface area contributed by atoms with E-state index < -0.39 is 0 Å². The molecule has 1 aromatic carbocycles. The number of benzene rings is 1. The van der Waals surface area contributed by atoms with Gasteiger partial charge in [0, 0.05) is 11.8 Å². The number of nitriles is 1. The minimum Gasteiger partial charge on any atom is -0.198 e. The summed E-state index contributed by atoms with van der Waals surface area (Å²) in [5.41, 5.74) is 4.19. The average Bonchev–Trinajstić information content (AvgIpc) is 2.66. The van der Waals surface area contributed by atoms with Gasteiger partial charge in [-0.1, -0.05) is 42.2 Å². The van der Waals surface area contributed by atoms with Gasteiger partial charge in [0.15, 0.2) is 0 Å². The second kappa shape index (κ2) is 4.29.